The molecular weight excluding hydrogens is 160 g/mol. The Labute approximate surface area is 79.7 Å². The first-order valence-electron chi connectivity index (χ1n) is 4.70. The Hall–Kier alpha value is -1.24. The van der Waals surface area contributed by atoms with E-state index < -0.39 is 0 Å². The standard InChI is InChI=1S/C12H16O/c1-3-4-7-10(2)11-8-5-6-9-12(11)13/h4-10,13H,3H2,1-2H3. The molecule has 0 amide bonds. The summed E-state index contributed by atoms with van der Waals surface area (Å²) in [5.41, 5.74) is 0.993. The van der Waals surface area contributed by atoms with Gasteiger partial charge >= 0.3 is 0 Å². The lowest BCUT2D eigenvalue weighted by Gasteiger charge is -2.08. The van der Waals surface area contributed by atoms with Crippen LogP contribution in [-0.2, 0) is 0 Å². The average molecular weight is 176 g/mol. The lowest BCUT2D eigenvalue weighted by molar-refractivity contribution is 0.466. The highest BCUT2D eigenvalue weighted by Gasteiger charge is 2.04. The Morgan fingerprint density at radius 1 is 1.38 bits per heavy atom. The Morgan fingerprint density at radius 2 is 2.08 bits per heavy atom. The van der Waals surface area contributed by atoms with Crippen LogP contribution in [0, 0.1) is 0 Å². The zero-order valence-corrected chi connectivity index (χ0v) is 8.20. The number of benzene rings is 1. The molecule has 1 nitrogen and oxygen atoms in total. The SMILES string of the molecule is CCC=CC(C)c1ccccc1O. The van der Waals surface area contributed by atoms with E-state index in [0.717, 1.165) is 12.0 Å². The fourth-order valence-electron chi connectivity index (χ4n) is 1.32. The molecule has 0 aliphatic rings. The Balaban J connectivity index is 2.82. The molecule has 1 rings (SSSR count). The van der Waals surface area contributed by atoms with Gasteiger partial charge in [-0.05, 0) is 12.5 Å². The van der Waals surface area contributed by atoms with Gasteiger partial charge in [0.05, 0.1) is 0 Å². The summed E-state index contributed by atoms with van der Waals surface area (Å²) in [6.45, 7) is 4.19. The van der Waals surface area contributed by atoms with Crippen molar-refractivity contribution in [1.82, 2.24) is 0 Å². The number of rotatable bonds is 3. The third-order valence-corrected chi connectivity index (χ3v) is 2.09. The topological polar surface area (TPSA) is 20.2 Å². The van der Waals surface area contributed by atoms with E-state index in [9.17, 15) is 5.11 Å². The predicted molar refractivity (Wildman–Crippen MR) is 56.0 cm³/mol. The van der Waals surface area contributed by atoms with Crippen molar-refractivity contribution in [2.24, 2.45) is 0 Å². The van der Waals surface area contributed by atoms with Gasteiger partial charge in [-0.15, -0.1) is 0 Å². The van der Waals surface area contributed by atoms with Crippen LogP contribution in [0.3, 0.4) is 0 Å². The van der Waals surface area contributed by atoms with Crippen molar-refractivity contribution in [3.05, 3.63) is 42.0 Å². The van der Waals surface area contributed by atoms with Gasteiger partial charge in [0.1, 0.15) is 5.75 Å². The lowest BCUT2D eigenvalue weighted by Crippen LogP contribution is -1.88. The van der Waals surface area contributed by atoms with Crippen molar-refractivity contribution in [2.75, 3.05) is 0 Å². The highest BCUT2D eigenvalue weighted by Crippen LogP contribution is 2.25. The molecule has 0 bridgehead atoms. The van der Waals surface area contributed by atoms with Gasteiger partial charge in [-0.3, -0.25) is 0 Å². The van der Waals surface area contributed by atoms with E-state index >= 15 is 0 Å². The Kier molecular flexibility index (Phi) is 3.56. The van der Waals surface area contributed by atoms with Crippen molar-refractivity contribution < 1.29 is 5.11 Å². The van der Waals surface area contributed by atoms with E-state index in [4.69, 9.17) is 0 Å². The molecule has 0 spiro atoms. The first-order valence-corrected chi connectivity index (χ1v) is 4.70. The van der Waals surface area contributed by atoms with Crippen molar-refractivity contribution in [1.29, 1.82) is 0 Å². The van der Waals surface area contributed by atoms with Gasteiger partial charge in [-0.2, -0.15) is 0 Å². The van der Waals surface area contributed by atoms with Crippen LogP contribution < -0.4 is 0 Å². The maximum Gasteiger partial charge on any atom is 0.119 e. The minimum atomic E-state index is 0.293. The molecule has 0 radical (unpaired) electrons. The summed E-state index contributed by atoms with van der Waals surface area (Å²) >= 11 is 0. The summed E-state index contributed by atoms with van der Waals surface area (Å²) in [6.07, 6.45) is 5.28. The van der Waals surface area contributed by atoms with Gasteiger partial charge in [0.2, 0.25) is 0 Å². The quantitative estimate of drug-likeness (QED) is 0.699. The second-order valence-corrected chi connectivity index (χ2v) is 3.18. The maximum atomic E-state index is 9.55. The van der Waals surface area contributed by atoms with Crippen LogP contribution in [0.2, 0.25) is 0 Å². The molecule has 0 saturated heterocycles. The normalized spacial score (nSPS) is 13.4. The smallest absolute Gasteiger partial charge is 0.119 e. The molecule has 1 aromatic carbocycles. The molecule has 1 heteroatoms. The van der Waals surface area contributed by atoms with Crippen LogP contribution in [0.1, 0.15) is 31.7 Å². The lowest BCUT2D eigenvalue weighted by atomic mass is 9.99. The first kappa shape index (κ1) is 9.85. The molecule has 70 valence electrons. The van der Waals surface area contributed by atoms with Gasteiger partial charge in [0.15, 0.2) is 0 Å². The van der Waals surface area contributed by atoms with Crippen LogP contribution in [0.25, 0.3) is 0 Å². The largest absolute Gasteiger partial charge is 0.508 e. The van der Waals surface area contributed by atoms with Crippen molar-refractivity contribution in [3.8, 4) is 5.75 Å². The second-order valence-electron chi connectivity index (χ2n) is 3.18. The molecule has 0 saturated carbocycles. The first-order chi connectivity index (χ1) is 6.25. The molecule has 0 aliphatic heterocycles. The number of para-hydroxylation sites is 1. The van der Waals surface area contributed by atoms with Crippen LogP contribution in [0.4, 0.5) is 0 Å². The summed E-state index contributed by atoms with van der Waals surface area (Å²) < 4.78 is 0. The molecule has 1 aromatic rings. The van der Waals surface area contributed by atoms with Crippen LogP contribution in [0.5, 0.6) is 5.75 Å². The van der Waals surface area contributed by atoms with E-state index in [0.29, 0.717) is 11.7 Å². The molecule has 0 heterocycles. The fourth-order valence-corrected chi connectivity index (χ4v) is 1.32. The number of hydrogen-bond acceptors (Lipinski definition) is 1. The highest BCUT2D eigenvalue weighted by atomic mass is 16.3. The molecule has 0 aliphatic carbocycles. The van der Waals surface area contributed by atoms with Crippen LogP contribution in [0.15, 0.2) is 36.4 Å². The van der Waals surface area contributed by atoms with Crippen LogP contribution >= 0.6 is 0 Å². The second kappa shape index (κ2) is 4.70. The number of hydrogen-bond donors (Lipinski definition) is 1. The number of phenolic OH excluding ortho intramolecular Hbond substituents is 1. The molecule has 1 N–H and O–H groups in total. The van der Waals surface area contributed by atoms with E-state index in [1.165, 1.54) is 0 Å². The summed E-state index contributed by atoms with van der Waals surface area (Å²) in [5.74, 6) is 0.678. The van der Waals surface area contributed by atoms with E-state index in [1.807, 2.05) is 18.2 Å². The maximum absolute atomic E-state index is 9.55. The summed E-state index contributed by atoms with van der Waals surface area (Å²) in [6, 6.07) is 7.48. The van der Waals surface area contributed by atoms with Crippen molar-refractivity contribution >= 4 is 0 Å². The number of phenols is 1. The van der Waals surface area contributed by atoms with E-state index in [-0.39, 0.29) is 0 Å². The molecule has 0 aromatic heterocycles. The number of allylic oxidation sites excluding steroid dienone is 2. The van der Waals surface area contributed by atoms with Crippen LogP contribution in [-0.4, -0.2) is 5.11 Å². The molecule has 1 atom stereocenters. The Morgan fingerprint density at radius 3 is 2.69 bits per heavy atom. The van der Waals surface area contributed by atoms with Gasteiger partial charge in [0, 0.05) is 11.5 Å². The highest BCUT2D eigenvalue weighted by molar-refractivity contribution is 5.36. The monoisotopic (exact) mass is 176 g/mol. The van der Waals surface area contributed by atoms with Crippen molar-refractivity contribution in [3.63, 3.8) is 0 Å². The van der Waals surface area contributed by atoms with Crippen molar-refractivity contribution in [2.45, 2.75) is 26.2 Å². The minimum absolute atomic E-state index is 0.293. The summed E-state index contributed by atoms with van der Waals surface area (Å²) in [7, 11) is 0. The molecule has 0 fully saturated rings. The molecule has 1 unspecified atom stereocenters. The summed E-state index contributed by atoms with van der Waals surface area (Å²) in [5, 5.41) is 9.55. The third kappa shape index (κ3) is 2.62. The molecule has 13 heavy (non-hydrogen) atoms. The van der Waals surface area contributed by atoms with E-state index in [2.05, 4.69) is 26.0 Å². The molecular formula is C12H16O. The zero-order valence-electron chi connectivity index (χ0n) is 8.20. The van der Waals surface area contributed by atoms with Gasteiger partial charge in [-0.25, -0.2) is 0 Å². The fraction of sp³-hybridized carbons (Fsp3) is 0.333. The predicted octanol–water partition coefficient (Wildman–Crippen LogP) is 3.46. The average Bonchev–Trinajstić information content (AvgIpc) is 2.15. The third-order valence-electron chi connectivity index (χ3n) is 2.09. The Bertz CT molecular complexity index is 289. The van der Waals surface area contributed by atoms with Gasteiger partial charge in [-0.1, -0.05) is 44.2 Å². The van der Waals surface area contributed by atoms with Gasteiger partial charge in [0.25, 0.3) is 0 Å². The summed E-state index contributed by atoms with van der Waals surface area (Å²) in [4.78, 5) is 0. The minimum Gasteiger partial charge on any atom is -0.508 e. The van der Waals surface area contributed by atoms with E-state index in [1.54, 1.807) is 6.07 Å². The number of aromatic hydroxyl groups is 1. The van der Waals surface area contributed by atoms with Gasteiger partial charge < -0.3 is 5.11 Å². The zero-order chi connectivity index (χ0) is 9.68.